The predicted molar refractivity (Wildman–Crippen MR) is 160 cm³/mol. The number of thiazole rings is 2. The van der Waals surface area contributed by atoms with Gasteiger partial charge in [-0.25, -0.2) is 9.13 Å². The molecule has 4 rings (SSSR count). The summed E-state index contributed by atoms with van der Waals surface area (Å²) in [6, 6.07) is 16.1. The lowest BCUT2D eigenvalue weighted by Gasteiger charge is -2.20. The third-order valence-electron chi connectivity index (χ3n) is 6.12. The first-order valence-electron chi connectivity index (χ1n) is 13.0. The molecule has 42 heavy (non-hydrogen) atoms. The molecule has 0 radical (unpaired) electrons. The quantitative estimate of drug-likeness (QED) is 0.102. The molecule has 14 heteroatoms. The lowest BCUT2D eigenvalue weighted by atomic mass is 10.2. The second-order valence-corrected chi connectivity index (χ2v) is 10.8. The molecule has 4 aromatic rings. The van der Waals surface area contributed by atoms with E-state index in [2.05, 4.69) is 44.4 Å². The average molecular weight is 652 g/mol. The molecule has 0 spiro atoms. The summed E-state index contributed by atoms with van der Waals surface area (Å²) >= 11 is 3.12. The molecule has 2 aromatic heterocycles. The van der Waals surface area contributed by atoms with Crippen LogP contribution in [0.15, 0.2) is 92.1 Å². The number of anilines is 2. The third kappa shape index (κ3) is 11.0. The van der Waals surface area contributed by atoms with Gasteiger partial charge < -0.3 is 44.1 Å². The fourth-order valence-electron chi connectivity index (χ4n) is 3.58. The summed E-state index contributed by atoms with van der Waals surface area (Å²) < 4.78 is 15.4. The number of halogens is 2. The van der Waals surface area contributed by atoms with Crippen LogP contribution in [0.1, 0.15) is 0 Å². The van der Waals surface area contributed by atoms with E-state index in [1.54, 1.807) is 22.7 Å². The third-order valence-corrected chi connectivity index (χ3v) is 7.79. The van der Waals surface area contributed by atoms with Crippen LogP contribution in [0.4, 0.5) is 33.0 Å². The lowest BCUT2D eigenvalue weighted by Crippen LogP contribution is -3.00. The Hall–Kier alpha value is -3.00. The molecule has 0 aliphatic heterocycles. The van der Waals surface area contributed by atoms with E-state index in [0.29, 0.717) is 26.4 Å². The van der Waals surface area contributed by atoms with Crippen LogP contribution in [-0.4, -0.2) is 53.6 Å². The zero-order valence-corrected chi connectivity index (χ0v) is 27.3. The fraction of sp³-hybridized carbons (Fsp3) is 0.357. The number of ether oxygens (including phenoxy) is 2. The van der Waals surface area contributed by atoms with E-state index in [0.717, 1.165) is 46.1 Å². The van der Waals surface area contributed by atoms with Crippen LogP contribution in [0, 0.1) is 0 Å². The van der Waals surface area contributed by atoms with Crippen molar-refractivity contribution in [3.05, 3.63) is 71.7 Å². The second-order valence-electron chi connectivity index (χ2n) is 9.09. The van der Waals surface area contributed by atoms with Crippen molar-refractivity contribution >= 4 is 55.7 Å². The molecule has 2 aromatic carbocycles. The Kier molecular flexibility index (Phi) is 15.5. The first-order valence-corrected chi connectivity index (χ1v) is 14.7. The van der Waals surface area contributed by atoms with Gasteiger partial charge in [0, 0.05) is 49.3 Å². The predicted octanol–water partition coefficient (Wildman–Crippen LogP) is -0.0968. The van der Waals surface area contributed by atoms with Gasteiger partial charge in [-0.3, -0.25) is 0 Å². The Labute approximate surface area is 267 Å². The van der Waals surface area contributed by atoms with Crippen molar-refractivity contribution in [2.45, 2.75) is 0 Å². The molecule has 0 N–H and O–H groups in total. The zero-order chi connectivity index (χ0) is 28.2. The molecule has 2 heterocycles. The Morgan fingerprint density at radius 1 is 0.595 bits per heavy atom. The van der Waals surface area contributed by atoms with Crippen LogP contribution >= 0.6 is 22.7 Å². The number of rotatable bonds is 15. The standard InChI is InChI=1S/C28H36N8O2S2.2ClH/c1-33(25-9-5-23(6-10-25)29-31-27-35(3)15-21-39-27)13-17-37-19-20-38-18-14-34(2)26-11-7-24(8-12-26)30-32-28-36(4)16-22-40-28;;/h5-12,15-16,21-22H,13-14,17-20H2,1-4H3;2*1H/q+2;;/p-2. The second kappa shape index (κ2) is 18.5. The van der Waals surface area contributed by atoms with Crippen molar-refractivity contribution in [2.24, 2.45) is 34.6 Å². The zero-order valence-electron chi connectivity index (χ0n) is 24.1. The highest BCUT2D eigenvalue weighted by atomic mass is 35.5. The van der Waals surface area contributed by atoms with E-state index in [-0.39, 0.29) is 24.8 Å². The first-order chi connectivity index (χ1) is 19.5. The molecule has 10 nitrogen and oxygen atoms in total. The maximum Gasteiger partial charge on any atom is 0.408 e. The van der Waals surface area contributed by atoms with Gasteiger partial charge >= 0.3 is 10.3 Å². The van der Waals surface area contributed by atoms with Crippen LogP contribution < -0.4 is 43.7 Å². The maximum absolute atomic E-state index is 5.77. The molecule has 0 aliphatic rings. The molecule has 0 bridgehead atoms. The minimum atomic E-state index is 0. The molecule has 0 amide bonds. The molecule has 226 valence electrons. The Balaban J connectivity index is 0.00000308. The minimum absolute atomic E-state index is 0. The van der Waals surface area contributed by atoms with Crippen LogP contribution in [0.2, 0.25) is 0 Å². The van der Waals surface area contributed by atoms with Crippen molar-refractivity contribution in [1.82, 2.24) is 0 Å². The van der Waals surface area contributed by atoms with Crippen LogP contribution in [0.5, 0.6) is 0 Å². The van der Waals surface area contributed by atoms with Gasteiger partial charge in [-0.1, -0.05) is 0 Å². The van der Waals surface area contributed by atoms with Crippen molar-refractivity contribution < 1.29 is 43.4 Å². The van der Waals surface area contributed by atoms with E-state index in [1.165, 1.54) is 0 Å². The van der Waals surface area contributed by atoms with Gasteiger partial charge in [0.1, 0.15) is 23.8 Å². The number of likely N-dealkylation sites (N-methyl/N-ethyl adjacent to an activating group) is 2. The largest absolute Gasteiger partial charge is 1.00 e. The Morgan fingerprint density at radius 3 is 1.31 bits per heavy atom. The summed E-state index contributed by atoms with van der Waals surface area (Å²) in [5.41, 5.74) is 3.87. The number of azo groups is 2. The first kappa shape index (κ1) is 35.2. The smallest absolute Gasteiger partial charge is 0.408 e. The fourth-order valence-corrected chi connectivity index (χ4v) is 4.94. The molecule has 0 aliphatic carbocycles. The lowest BCUT2D eigenvalue weighted by molar-refractivity contribution is -0.654. The molecule has 0 saturated carbocycles. The molecule has 0 saturated heterocycles. The number of benzene rings is 2. The summed E-state index contributed by atoms with van der Waals surface area (Å²) in [5, 5.41) is 22.9. The number of hydrogen-bond acceptors (Lipinski definition) is 10. The Bertz CT molecular complexity index is 1280. The topological polar surface area (TPSA) is 82.1 Å². The van der Waals surface area contributed by atoms with Crippen molar-refractivity contribution in [3.8, 4) is 0 Å². The molecular weight excluding hydrogens is 615 g/mol. The van der Waals surface area contributed by atoms with E-state index >= 15 is 0 Å². The maximum atomic E-state index is 5.77. The highest BCUT2D eigenvalue weighted by Crippen LogP contribution is 2.23. The van der Waals surface area contributed by atoms with E-state index < -0.39 is 0 Å². The SMILES string of the molecule is CN(CCOCCOCCN(C)c1ccc(N=Nc2scc[n+]2C)cc1)c1ccc(N=Nc2scc[n+]2C)cc1.[Cl-].[Cl-]. The summed E-state index contributed by atoms with van der Waals surface area (Å²) in [5.74, 6) is 0. The highest BCUT2D eigenvalue weighted by Gasteiger charge is 2.09. The van der Waals surface area contributed by atoms with Gasteiger partial charge in [0.2, 0.25) is 0 Å². The highest BCUT2D eigenvalue weighted by molar-refractivity contribution is 7.13. The van der Waals surface area contributed by atoms with Gasteiger partial charge in [-0.15, -0.1) is 0 Å². The summed E-state index contributed by atoms with van der Waals surface area (Å²) in [7, 11) is 8.02. The molecular formula is C28H36Cl2N8O2S2. The number of aromatic nitrogens is 2. The normalized spacial score (nSPS) is 11.0. The Morgan fingerprint density at radius 2 is 0.976 bits per heavy atom. The van der Waals surface area contributed by atoms with E-state index in [4.69, 9.17) is 9.47 Å². The number of aryl methyl sites for hydroxylation is 2. The van der Waals surface area contributed by atoms with Crippen LogP contribution in [0.3, 0.4) is 0 Å². The van der Waals surface area contributed by atoms with Gasteiger partial charge in [0.15, 0.2) is 0 Å². The van der Waals surface area contributed by atoms with Crippen molar-refractivity contribution in [2.75, 3.05) is 63.4 Å². The minimum Gasteiger partial charge on any atom is -1.00 e. The van der Waals surface area contributed by atoms with Crippen molar-refractivity contribution in [3.63, 3.8) is 0 Å². The summed E-state index contributed by atoms with van der Waals surface area (Å²) in [6.45, 7) is 3.97. The van der Waals surface area contributed by atoms with Gasteiger partial charge in [-0.2, -0.15) is 0 Å². The molecule has 0 atom stereocenters. The monoisotopic (exact) mass is 650 g/mol. The summed E-state index contributed by atoms with van der Waals surface area (Å²) in [4.78, 5) is 4.32. The van der Waals surface area contributed by atoms with Gasteiger partial charge in [0.05, 0.1) is 50.8 Å². The van der Waals surface area contributed by atoms with E-state index in [1.807, 2.05) is 94.9 Å². The number of hydrogen-bond donors (Lipinski definition) is 0. The number of nitrogens with zero attached hydrogens (tertiary/aromatic N) is 8. The molecule has 0 unspecified atom stereocenters. The summed E-state index contributed by atoms with van der Waals surface area (Å²) in [6.07, 6.45) is 3.93. The van der Waals surface area contributed by atoms with E-state index in [9.17, 15) is 0 Å². The van der Waals surface area contributed by atoms with Gasteiger partial charge in [-0.05, 0) is 81.4 Å². The molecule has 0 fully saturated rings. The van der Waals surface area contributed by atoms with Crippen LogP contribution in [0.25, 0.3) is 0 Å². The van der Waals surface area contributed by atoms with Crippen molar-refractivity contribution in [1.29, 1.82) is 0 Å². The average Bonchev–Trinajstić information content (AvgIpc) is 3.59. The van der Waals surface area contributed by atoms with Gasteiger partial charge in [0.25, 0.3) is 0 Å². The van der Waals surface area contributed by atoms with Crippen LogP contribution in [-0.2, 0) is 23.6 Å².